The highest BCUT2D eigenvalue weighted by Gasteiger charge is 2.17. The number of aromatic amines is 1. The molecular weight excluding hydrogens is 328 g/mol. The van der Waals surface area contributed by atoms with E-state index in [2.05, 4.69) is 16.0 Å². The number of benzene rings is 1. The van der Waals surface area contributed by atoms with Gasteiger partial charge in [0.05, 0.1) is 13.2 Å². The Bertz CT molecular complexity index is 944. The number of nitrogens with one attached hydrogen (secondary N) is 1. The number of nitrogens with zero attached hydrogens (tertiary/aromatic N) is 2. The number of H-pyrrole nitrogens is 1. The number of aromatic nitrogens is 2. The maximum Gasteiger partial charge on any atom is 0.246 e. The zero-order valence-corrected chi connectivity index (χ0v) is 15.1. The van der Waals surface area contributed by atoms with Crippen molar-refractivity contribution in [1.82, 2.24) is 14.9 Å². The molecule has 2 heterocycles. The molecule has 3 N–H and O–H groups in total. The monoisotopic (exact) mass is 350 g/mol. The van der Waals surface area contributed by atoms with Gasteiger partial charge in [-0.3, -0.25) is 4.79 Å². The van der Waals surface area contributed by atoms with E-state index >= 15 is 0 Å². The van der Waals surface area contributed by atoms with Crippen LogP contribution in [0.2, 0.25) is 0 Å². The third-order valence-electron chi connectivity index (χ3n) is 4.46. The third-order valence-corrected chi connectivity index (χ3v) is 4.46. The Morgan fingerprint density at radius 1 is 1.31 bits per heavy atom. The number of pyridine rings is 1. The number of hydrogen-bond donors (Lipinski definition) is 2. The molecule has 1 atom stereocenters. The topological polar surface area (TPSA) is 84.2 Å². The van der Waals surface area contributed by atoms with Crippen molar-refractivity contribution in [1.29, 1.82) is 0 Å². The number of anilines is 1. The molecule has 0 aliphatic heterocycles. The lowest BCUT2D eigenvalue weighted by Crippen LogP contribution is -2.28. The van der Waals surface area contributed by atoms with E-state index in [1.807, 2.05) is 31.2 Å². The first kappa shape index (κ1) is 17.5. The van der Waals surface area contributed by atoms with Crippen molar-refractivity contribution in [3.05, 3.63) is 59.9 Å². The molecular formula is C20H22N4O2. The number of methoxy groups -OCH3 is 1. The first-order valence-electron chi connectivity index (χ1n) is 8.31. The molecule has 1 unspecified atom stereocenters. The van der Waals surface area contributed by atoms with Crippen molar-refractivity contribution in [2.24, 2.45) is 0 Å². The number of carbonyl (C=O) groups is 1. The van der Waals surface area contributed by atoms with Crippen molar-refractivity contribution in [3.8, 4) is 5.75 Å². The van der Waals surface area contributed by atoms with Crippen LogP contribution in [0.3, 0.4) is 0 Å². The van der Waals surface area contributed by atoms with Crippen LogP contribution in [0, 0.1) is 0 Å². The highest BCUT2D eigenvalue weighted by Crippen LogP contribution is 2.26. The zero-order valence-electron chi connectivity index (χ0n) is 15.1. The molecule has 3 rings (SSSR count). The van der Waals surface area contributed by atoms with E-state index in [-0.39, 0.29) is 11.9 Å². The van der Waals surface area contributed by atoms with Crippen molar-refractivity contribution >= 4 is 28.7 Å². The van der Waals surface area contributed by atoms with E-state index < -0.39 is 0 Å². The average Bonchev–Trinajstić information content (AvgIpc) is 3.09. The van der Waals surface area contributed by atoms with Gasteiger partial charge in [0.25, 0.3) is 0 Å². The molecule has 0 aliphatic carbocycles. The van der Waals surface area contributed by atoms with Crippen LogP contribution in [0.1, 0.15) is 24.2 Å². The molecule has 0 saturated carbocycles. The summed E-state index contributed by atoms with van der Waals surface area (Å²) in [5.74, 6) is 1.16. The number of hydrogen-bond acceptors (Lipinski definition) is 4. The maximum atomic E-state index is 12.5. The number of amides is 1. The lowest BCUT2D eigenvalue weighted by Gasteiger charge is -2.22. The Morgan fingerprint density at radius 2 is 2.12 bits per heavy atom. The van der Waals surface area contributed by atoms with Crippen LogP contribution < -0.4 is 10.5 Å². The normalized spacial score (nSPS) is 12.4. The minimum Gasteiger partial charge on any atom is -0.497 e. The fraction of sp³-hybridized carbons (Fsp3) is 0.200. The van der Waals surface area contributed by atoms with Crippen LogP contribution >= 0.6 is 0 Å². The van der Waals surface area contributed by atoms with Gasteiger partial charge in [-0.1, -0.05) is 0 Å². The molecule has 134 valence electrons. The van der Waals surface area contributed by atoms with Crippen molar-refractivity contribution in [2.75, 3.05) is 19.9 Å². The Labute approximate surface area is 152 Å². The predicted molar refractivity (Wildman–Crippen MR) is 104 cm³/mol. The van der Waals surface area contributed by atoms with E-state index in [4.69, 9.17) is 10.5 Å². The first-order valence-corrected chi connectivity index (χ1v) is 8.31. The molecule has 0 bridgehead atoms. The summed E-state index contributed by atoms with van der Waals surface area (Å²) >= 11 is 0. The molecule has 0 saturated heterocycles. The van der Waals surface area contributed by atoms with Gasteiger partial charge in [-0.2, -0.15) is 0 Å². The largest absolute Gasteiger partial charge is 0.497 e. The Hall–Kier alpha value is -3.28. The quantitative estimate of drug-likeness (QED) is 0.691. The summed E-state index contributed by atoms with van der Waals surface area (Å²) in [5, 5.41) is 1.08. The van der Waals surface area contributed by atoms with E-state index in [1.165, 1.54) is 6.08 Å². The van der Waals surface area contributed by atoms with Crippen LogP contribution in [0.25, 0.3) is 17.0 Å². The van der Waals surface area contributed by atoms with E-state index in [0.29, 0.717) is 5.82 Å². The van der Waals surface area contributed by atoms with Crippen molar-refractivity contribution in [3.63, 3.8) is 0 Å². The molecule has 0 fully saturated rings. The lowest BCUT2D eigenvalue weighted by atomic mass is 10.2. The summed E-state index contributed by atoms with van der Waals surface area (Å²) < 4.78 is 5.25. The fourth-order valence-electron chi connectivity index (χ4n) is 2.68. The molecule has 6 heteroatoms. The van der Waals surface area contributed by atoms with Gasteiger partial charge >= 0.3 is 0 Å². The van der Waals surface area contributed by atoms with Gasteiger partial charge in [0, 0.05) is 36.6 Å². The average molecular weight is 350 g/mol. The third kappa shape index (κ3) is 3.69. The summed E-state index contributed by atoms with van der Waals surface area (Å²) in [5.41, 5.74) is 8.34. The molecule has 2 aromatic heterocycles. The number of carbonyl (C=O) groups excluding carboxylic acids is 1. The SMILES string of the molecule is COc1ccc2cc(C(C)N(C)C(=O)/C=C/c3ccc(N)nc3)[nH]c2c1. The number of nitrogen functional groups attached to an aromatic ring is 1. The number of likely N-dealkylation sites (N-methyl/N-ethyl adjacent to an activating group) is 1. The molecule has 26 heavy (non-hydrogen) atoms. The van der Waals surface area contributed by atoms with Gasteiger partial charge in [-0.15, -0.1) is 0 Å². The lowest BCUT2D eigenvalue weighted by molar-refractivity contribution is -0.126. The fourth-order valence-corrected chi connectivity index (χ4v) is 2.68. The highest BCUT2D eigenvalue weighted by atomic mass is 16.5. The second-order valence-electron chi connectivity index (χ2n) is 6.15. The van der Waals surface area contributed by atoms with Gasteiger partial charge in [0.2, 0.25) is 5.91 Å². The zero-order chi connectivity index (χ0) is 18.7. The Morgan fingerprint density at radius 3 is 2.81 bits per heavy atom. The van der Waals surface area contributed by atoms with Crippen molar-refractivity contribution < 1.29 is 9.53 Å². The number of nitrogens with two attached hydrogens (primary N) is 1. The van der Waals surface area contributed by atoms with Crippen LogP contribution in [0.15, 0.2) is 48.7 Å². The van der Waals surface area contributed by atoms with Gasteiger partial charge in [0.15, 0.2) is 0 Å². The molecule has 0 radical (unpaired) electrons. The van der Waals surface area contributed by atoms with Gasteiger partial charge in [-0.25, -0.2) is 4.98 Å². The molecule has 0 spiro atoms. The van der Waals surface area contributed by atoms with E-state index in [1.54, 1.807) is 37.4 Å². The maximum absolute atomic E-state index is 12.5. The molecule has 1 amide bonds. The summed E-state index contributed by atoms with van der Waals surface area (Å²) in [6.45, 7) is 1.98. The number of rotatable bonds is 5. The summed E-state index contributed by atoms with van der Waals surface area (Å²) in [7, 11) is 3.42. The van der Waals surface area contributed by atoms with E-state index in [0.717, 1.165) is 27.9 Å². The minimum atomic E-state index is -0.102. The minimum absolute atomic E-state index is 0.0921. The van der Waals surface area contributed by atoms with Gasteiger partial charge in [-0.05, 0) is 54.3 Å². The Kier molecular flexibility index (Phi) is 4.93. The Balaban J connectivity index is 1.74. The first-order chi connectivity index (χ1) is 12.5. The molecule has 1 aromatic carbocycles. The molecule has 6 nitrogen and oxygen atoms in total. The summed E-state index contributed by atoms with van der Waals surface area (Å²) in [6.07, 6.45) is 4.90. The smallest absolute Gasteiger partial charge is 0.246 e. The summed E-state index contributed by atoms with van der Waals surface area (Å²) in [4.78, 5) is 21.5. The predicted octanol–water partition coefficient (Wildman–Crippen LogP) is 3.39. The number of fused-ring (bicyclic) bond motifs is 1. The van der Waals surface area contributed by atoms with Crippen molar-refractivity contribution in [2.45, 2.75) is 13.0 Å². The van der Waals surface area contributed by atoms with Gasteiger partial charge in [0.1, 0.15) is 11.6 Å². The molecule has 0 aliphatic rings. The van der Waals surface area contributed by atoms with Crippen LogP contribution in [0.4, 0.5) is 5.82 Å². The van der Waals surface area contributed by atoms with Crippen LogP contribution in [-0.4, -0.2) is 34.9 Å². The second kappa shape index (κ2) is 7.31. The standard InChI is InChI=1S/C20H22N4O2/c1-13(17-10-15-6-7-16(26-3)11-18(15)23-17)24(2)20(25)9-5-14-4-8-19(21)22-12-14/h4-13,23H,1-3H3,(H2,21,22)/b9-5+. The van der Waals surface area contributed by atoms with E-state index in [9.17, 15) is 4.79 Å². The number of ether oxygens (including phenoxy) is 1. The molecule has 3 aromatic rings. The highest BCUT2D eigenvalue weighted by molar-refractivity contribution is 5.92. The van der Waals surface area contributed by atoms with Crippen LogP contribution in [-0.2, 0) is 4.79 Å². The second-order valence-corrected chi connectivity index (χ2v) is 6.15. The van der Waals surface area contributed by atoms with Crippen LogP contribution in [0.5, 0.6) is 5.75 Å². The summed E-state index contributed by atoms with van der Waals surface area (Å²) in [6, 6.07) is 11.3. The van der Waals surface area contributed by atoms with Gasteiger partial charge < -0.3 is 20.4 Å².